The molecule has 0 spiro atoms. The number of hydrogen-bond donors (Lipinski definition) is 0. The van der Waals surface area contributed by atoms with Crippen molar-refractivity contribution in [3.63, 3.8) is 0 Å². The second kappa shape index (κ2) is 16.5. The fourth-order valence-electron chi connectivity index (χ4n) is 9.12. The van der Waals surface area contributed by atoms with Gasteiger partial charge in [-0.25, -0.2) is 0 Å². The molecule has 0 aliphatic rings. The van der Waals surface area contributed by atoms with Crippen LogP contribution in [0.15, 0.2) is 285 Å². The highest BCUT2D eigenvalue weighted by Gasteiger charge is 2.36. The van der Waals surface area contributed by atoms with E-state index in [4.69, 9.17) is 4.42 Å². The lowest BCUT2D eigenvalue weighted by Crippen LogP contribution is -2.12. The normalized spacial score (nSPS) is 11.7. The van der Waals surface area contributed by atoms with Crippen molar-refractivity contribution in [2.75, 3.05) is 4.90 Å². The Morgan fingerprint density at radius 3 is 1.27 bits per heavy atom. The Labute approximate surface area is 370 Å². The van der Waals surface area contributed by atoms with E-state index in [1.54, 1.807) is 0 Å². The first kappa shape index (κ1) is 38.1. The third-order valence-electron chi connectivity index (χ3n) is 12.0. The number of hydrogen-bond acceptors (Lipinski definition) is 2. The van der Waals surface area contributed by atoms with Crippen molar-refractivity contribution in [2.24, 2.45) is 0 Å². The number of furan rings is 1. The van der Waals surface area contributed by atoms with Crippen molar-refractivity contribution >= 4 is 49.0 Å². The molecule has 0 unspecified atom stereocenters. The van der Waals surface area contributed by atoms with E-state index in [1.165, 1.54) is 30.7 Å². The Kier molecular flexibility index (Phi) is 10.0. The summed E-state index contributed by atoms with van der Waals surface area (Å²) in [5.74, 6) is 0. The molecule has 1 aromatic heterocycles. The third-order valence-corrected chi connectivity index (χ3v) is 15.9. The highest BCUT2D eigenvalue weighted by atomic mass is 32.3. The molecular formula is C60H43NOS. The summed E-state index contributed by atoms with van der Waals surface area (Å²) in [5, 5.41) is 2.17. The number of benzene rings is 10. The van der Waals surface area contributed by atoms with Gasteiger partial charge in [-0.15, -0.1) is 10.0 Å². The van der Waals surface area contributed by atoms with Gasteiger partial charge in [0, 0.05) is 47.3 Å². The van der Waals surface area contributed by atoms with Crippen LogP contribution in [0.4, 0.5) is 17.1 Å². The highest BCUT2D eigenvalue weighted by Crippen LogP contribution is 2.75. The monoisotopic (exact) mass is 825 g/mol. The largest absolute Gasteiger partial charge is 0.453 e. The van der Waals surface area contributed by atoms with Gasteiger partial charge in [-0.05, 0) is 101 Å². The van der Waals surface area contributed by atoms with Crippen LogP contribution < -0.4 is 4.90 Å². The molecule has 0 aliphatic carbocycles. The Morgan fingerprint density at radius 2 is 0.730 bits per heavy atom. The fraction of sp³-hybridized carbons (Fsp3) is 0. The number of fused-ring (bicyclic) bond motifs is 3. The molecule has 0 atom stereocenters. The van der Waals surface area contributed by atoms with Gasteiger partial charge in [0.05, 0.1) is 5.69 Å². The lowest BCUT2D eigenvalue weighted by Gasteiger charge is -2.43. The van der Waals surface area contributed by atoms with Crippen LogP contribution in [-0.2, 0) is 0 Å². The van der Waals surface area contributed by atoms with Crippen molar-refractivity contribution in [1.29, 1.82) is 0 Å². The number of rotatable bonds is 10. The highest BCUT2D eigenvalue weighted by molar-refractivity contribution is 8.34. The summed E-state index contributed by atoms with van der Waals surface area (Å²) >= 11 is 0. The smallest absolute Gasteiger partial charge is 0.159 e. The summed E-state index contributed by atoms with van der Waals surface area (Å²) in [6, 6.07) is 94.4. The summed E-state index contributed by atoms with van der Waals surface area (Å²) in [4.78, 5) is 7.49. The first-order chi connectivity index (χ1) is 31.3. The molecule has 0 aliphatic heterocycles. The number of anilines is 3. The maximum Gasteiger partial charge on any atom is 0.159 e. The van der Waals surface area contributed by atoms with Crippen LogP contribution in [0, 0.1) is 0 Å². The van der Waals surface area contributed by atoms with Gasteiger partial charge in [0.15, 0.2) is 5.58 Å². The van der Waals surface area contributed by atoms with Crippen LogP contribution in [0.2, 0.25) is 0 Å². The van der Waals surface area contributed by atoms with E-state index < -0.39 is 10.0 Å². The van der Waals surface area contributed by atoms with Crippen LogP contribution in [0.25, 0.3) is 55.3 Å². The second-order valence-electron chi connectivity index (χ2n) is 15.7. The molecule has 1 heterocycles. The predicted octanol–water partition coefficient (Wildman–Crippen LogP) is 17.4. The van der Waals surface area contributed by atoms with Crippen LogP contribution in [-0.4, -0.2) is 0 Å². The molecule has 11 rings (SSSR count). The van der Waals surface area contributed by atoms with E-state index in [0.717, 1.165) is 61.3 Å². The average molecular weight is 826 g/mol. The van der Waals surface area contributed by atoms with Gasteiger partial charge >= 0.3 is 0 Å². The minimum Gasteiger partial charge on any atom is -0.453 e. The quantitative estimate of drug-likeness (QED) is 0.137. The molecule has 11 aromatic rings. The Hall–Kier alpha value is -7.85. The molecule has 300 valence electrons. The van der Waals surface area contributed by atoms with Gasteiger partial charge < -0.3 is 9.32 Å². The van der Waals surface area contributed by atoms with Crippen LogP contribution in [0.5, 0.6) is 0 Å². The third kappa shape index (κ3) is 6.80. The Morgan fingerprint density at radius 1 is 0.302 bits per heavy atom. The topological polar surface area (TPSA) is 16.4 Å². The SMILES string of the molecule is c1ccc(-c2ccc(N(c3ccc(S(c4ccccc4)(c4ccccc4)c4ccccc4)c(-c4ccccc4)c3)c3cccc4c3oc3c(-c5ccccc5)cccc34)cc2)cc1. The summed E-state index contributed by atoms with van der Waals surface area (Å²) in [6.07, 6.45) is 0. The van der Waals surface area contributed by atoms with Crippen LogP contribution in [0.1, 0.15) is 0 Å². The van der Waals surface area contributed by atoms with Gasteiger partial charge in [-0.2, -0.15) is 0 Å². The minimum atomic E-state index is -2.02. The number of para-hydroxylation sites is 2. The zero-order valence-electron chi connectivity index (χ0n) is 34.6. The number of nitrogens with zero attached hydrogens (tertiary/aromatic N) is 1. The molecule has 0 amide bonds. The van der Waals surface area contributed by atoms with E-state index in [0.29, 0.717) is 0 Å². The Bertz CT molecular complexity index is 3200. The van der Waals surface area contributed by atoms with Gasteiger partial charge in [0.25, 0.3) is 0 Å². The van der Waals surface area contributed by atoms with Crippen molar-refractivity contribution < 1.29 is 4.42 Å². The molecule has 0 radical (unpaired) electrons. The first-order valence-electron chi connectivity index (χ1n) is 21.4. The van der Waals surface area contributed by atoms with Crippen LogP contribution >= 0.6 is 10.0 Å². The molecule has 0 bridgehead atoms. The first-order valence-corrected chi connectivity index (χ1v) is 23.0. The fourth-order valence-corrected chi connectivity index (χ4v) is 13.2. The minimum absolute atomic E-state index is 0.839. The molecular weight excluding hydrogens is 783 g/mol. The van der Waals surface area contributed by atoms with Crippen LogP contribution in [0.3, 0.4) is 0 Å². The van der Waals surface area contributed by atoms with E-state index in [1.807, 2.05) is 0 Å². The van der Waals surface area contributed by atoms with E-state index in [9.17, 15) is 0 Å². The van der Waals surface area contributed by atoms with Crippen molar-refractivity contribution in [1.82, 2.24) is 0 Å². The maximum absolute atomic E-state index is 7.11. The molecule has 0 saturated carbocycles. The van der Waals surface area contributed by atoms with Gasteiger partial charge in [0.2, 0.25) is 0 Å². The van der Waals surface area contributed by atoms with Crippen molar-refractivity contribution in [3.05, 3.63) is 261 Å². The van der Waals surface area contributed by atoms with E-state index in [-0.39, 0.29) is 0 Å². The molecule has 0 N–H and O–H groups in total. The van der Waals surface area contributed by atoms with E-state index >= 15 is 0 Å². The molecule has 0 fully saturated rings. The molecule has 10 aromatic carbocycles. The van der Waals surface area contributed by atoms with E-state index in [2.05, 4.69) is 266 Å². The summed E-state index contributed by atoms with van der Waals surface area (Å²) in [5.41, 5.74) is 11.6. The molecule has 2 nitrogen and oxygen atoms in total. The Balaban J connectivity index is 1.20. The van der Waals surface area contributed by atoms with Gasteiger partial charge in [0.1, 0.15) is 5.58 Å². The van der Waals surface area contributed by atoms with Gasteiger partial charge in [-0.1, -0.05) is 188 Å². The summed E-state index contributed by atoms with van der Waals surface area (Å²) < 4.78 is 7.11. The molecule has 3 heteroatoms. The summed E-state index contributed by atoms with van der Waals surface area (Å²) in [7, 11) is -2.02. The lowest BCUT2D eigenvalue weighted by atomic mass is 10.0. The predicted molar refractivity (Wildman–Crippen MR) is 265 cm³/mol. The van der Waals surface area contributed by atoms with Gasteiger partial charge in [-0.3, -0.25) is 0 Å². The standard InChI is InChI=1S/C60H43NOS/c1-7-21-44(22-8-1)45-37-39-48(40-38-45)61(57-36-20-35-55-54-34-19-33-53(59(54)62-60(55)57)46-23-9-2-10-24-46)49-41-42-58(56(43-49)47-25-11-3-12-26-47)63(50-27-13-4-14-28-50,51-29-15-5-16-30-51)52-31-17-6-18-32-52/h1-43H. The zero-order valence-corrected chi connectivity index (χ0v) is 35.4. The second-order valence-corrected chi connectivity index (χ2v) is 18.7. The molecule has 63 heavy (non-hydrogen) atoms. The zero-order chi connectivity index (χ0) is 42.0. The lowest BCUT2D eigenvalue weighted by molar-refractivity contribution is 0.670. The summed E-state index contributed by atoms with van der Waals surface area (Å²) in [6.45, 7) is 0. The average Bonchev–Trinajstić information content (AvgIpc) is 3.76. The maximum atomic E-state index is 7.11. The van der Waals surface area contributed by atoms with Crippen molar-refractivity contribution in [3.8, 4) is 33.4 Å². The molecule has 0 saturated heterocycles. The van der Waals surface area contributed by atoms with Crippen molar-refractivity contribution in [2.45, 2.75) is 19.6 Å².